The number of nitrogens with zero attached hydrogens (tertiary/aromatic N) is 2. The maximum Gasteiger partial charge on any atom is 0.333 e. The second-order valence-corrected chi connectivity index (χ2v) is 24.0. The fraction of sp³-hybridized carbons (Fsp3) is 0.311. The first-order chi connectivity index (χ1) is 30.8. The predicted molar refractivity (Wildman–Crippen MR) is 277 cm³/mol. The number of aromatic nitrogens is 1. The van der Waals surface area contributed by atoms with Crippen molar-refractivity contribution in [2.75, 3.05) is 4.81 Å². The van der Waals surface area contributed by atoms with Gasteiger partial charge in [0.25, 0.3) is 0 Å². The normalized spacial score (nSPS) is 17.4. The van der Waals surface area contributed by atoms with E-state index in [1.165, 1.54) is 116 Å². The molecule has 0 saturated carbocycles. The van der Waals surface area contributed by atoms with Crippen LogP contribution in [-0.2, 0) is 27.1 Å². The highest BCUT2D eigenvalue weighted by Crippen LogP contribution is 2.57. The summed E-state index contributed by atoms with van der Waals surface area (Å²) < 4.78 is 9.96. The molecular formula is C61H59BN2O. The summed E-state index contributed by atoms with van der Waals surface area (Å²) in [6.07, 6.45) is 2.31. The third-order valence-corrected chi connectivity index (χ3v) is 16.7. The van der Waals surface area contributed by atoms with Crippen LogP contribution in [0.5, 0.6) is 0 Å². The molecule has 0 amide bonds. The minimum Gasteiger partial charge on any atom is -0.455 e. The van der Waals surface area contributed by atoms with Crippen molar-refractivity contribution >= 4 is 72.9 Å². The van der Waals surface area contributed by atoms with Crippen LogP contribution < -0.4 is 15.7 Å². The minimum absolute atomic E-state index is 0.0282. The number of rotatable bonds is 1. The first-order valence-corrected chi connectivity index (χ1v) is 24.1. The van der Waals surface area contributed by atoms with E-state index in [2.05, 4.69) is 208 Å². The van der Waals surface area contributed by atoms with Crippen molar-refractivity contribution in [1.82, 2.24) is 4.57 Å². The molecule has 13 rings (SSSR count). The molecule has 0 bridgehead atoms. The molecule has 322 valence electrons. The molecule has 0 spiro atoms. The molecule has 65 heavy (non-hydrogen) atoms. The second kappa shape index (κ2) is 12.3. The summed E-state index contributed by atoms with van der Waals surface area (Å²) in [5.41, 5.74) is 24.6. The van der Waals surface area contributed by atoms with Gasteiger partial charge in [-0.3, -0.25) is 0 Å². The van der Waals surface area contributed by atoms with Crippen molar-refractivity contribution in [2.45, 2.75) is 123 Å². The smallest absolute Gasteiger partial charge is 0.333 e. The number of anilines is 2. The lowest BCUT2D eigenvalue weighted by atomic mass is 9.43. The van der Waals surface area contributed by atoms with E-state index in [0.717, 1.165) is 24.0 Å². The summed E-state index contributed by atoms with van der Waals surface area (Å²) in [6, 6.07) is 45.3. The van der Waals surface area contributed by atoms with Crippen molar-refractivity contribution < 1.29 is 4.42 Å². The van der Waals surface area contributed by atoms with Crippen molar-refractivity contribution in [3.05, 3.63) is 149 Å². The Morgan fingerprint density at radius 3 is 1.92 bits per heavy atom. The van der Waals surface area contributed by atoms with Crippen LogP contribution in [0.4, 0.5) is 11.4 Å². The monoisotopic (exact) mass is 846 g/mol. The molecule has 4 aliphatic rings. The van der Waals surface area contributed by atoms with Gasteiger partial charge in [0.2, 0.25) is 0 Å². The van der Waals surface area contributed by atoms with Crippen LogP contribution in [0.15, 0.2) is 120 Å². The molecule has 3 nitrogen and oxygen atoms in total. The van der Waals surface area contributed by atoms with Crippen LogP contribution in [0.1, 0.15) is 129 Å². The molecule has 9 aromatic rings. The quantitative estimate of drug-likeness (QED) is 0.154. The van der Waals surface area contributed by atoms with Gasteiger partial charge >= 0.3 is 6.85 Å². The Bertz CT molecular complexity index is 3600. The fourth-order valence-electron chi connectivity index (χ4n) is 12.9. The van der Waals surface area contributed by atoms with Crippen LogP contribution in [0.25, 0.3) is 71.7 Å². The molecule has 2 aliphatic carbocycles. The third kappa shape index (κ3) is 5.04. The zero-order valence-electron chi connectivity index (χ0n) is 40.3. The molecule has 0 N–H and O–H groups in total. The number of hydrogen-bond donors (Lipinski definition) is 0. The highest BCUT2D eigenvalue weighted by Gasteiger charge is 2.49. The SMILES string of the molecule is CC(C)(C)c1ccc(N2B3c4cc5c(cc4-n4c6ccc(C(C)(C)C)cc6c6c7oc8ccccc8c7c(c3c64)-c3cc4c(cc32)C(C)(C)CCC4(C)C)C(C)(C)c2ccccc2-5)cc1. The zero-order chi connectivity index (χ0) is 45.1. The fourth-order valence-corrected chi connectivity index (χ4v) is 12.9. The summed E-state index contributed by atoms with van der Waals surface area (Å²) in [6.45, 7) is 28.6. The van der Waals surface area contributed by atoms with Gasteiger partial charge in [0.05, 0.1) is 16.4 Å². The van der Waals surface area contributed by atoms with Gasteiger partial charge in [-0.15, -0.1) is 0 Å². The van der Waals surface area contributed by atoms with E-state index in [1.807, 2.05) is 0 Å². The molecule has 0 radical (unpaired) electrons. The van der Waals surface area contributed by atoms with E-state index >= 15 is 0 Å². The molecular weight excluding hydrogens is 787 g/mol. The Morgan fingerprint density at radius 2 is 1.20 bits per heavy atom. The molecule has 0 fully saturated rings. The van der Waals surface area contributed by atoms with Gasteiger partial charge in [0.15, 0.2) is 0 Å². The summed E-state index contributed by atoms with van der Waals surface area (Å²) in [7, 11) is 0. The van der Waals surface area contributed by atoms with E-state index in [9.17, 15) is 0 Å². The average molecular weight is 847 g/mol. The van der Waals surface area contributed by atoms with Crippen molar-refractivity contribution in [1.29, 1.82) is 0 Å². The van der Waals surface area contributed by atoms with Crippen molar-refractivity contribution in [3.8, 4) is 27.9 Å². The summed E-state index contributed by atoms with van der Waals surface area (Å²) in [4.78, 5) is 2.76. The van der Waals surface area contributed by atoms with Gasteiger partial charge in [0.1, 0.15) is 11.2 Å². The number of furan rings is 1. The molecule has 4 heteroatoms. The van der Waals surface area contributed by atoms with Crippen LogP contribution in [0.3, 0.4) is 0 Å². The van der Waals surface area contributed by atoms with E-state index in [4.69, 9.17) is 4.42 Å². The van der Waals surface area contributed by atoms with E-state index < -0.39 is 0 Å². The lowest BCUT2D eigenvalue weighted by molar-refractivity contribution is 0.332. The topological polar surface area (TPSA) is 21.3 Å². The van der Waals surface area contributed by atoms with Crippen LogP contribution in [0.2, 0.25) is 0 Å². The molecule has 0 saturated heterocycles. The van der Waals surface area contributed by atoms with Crippen molar-refractivity contribution in [2.24, 2.45) is 0 Å². The maximum absolute atomic E-state index is 7.31. The number of fused-ring (bicyclic) bond motifs is 17. The van der Waals surface area contributed by atoms with Crippen molar-refractivity contribution in [3.63, 3.8) is 0 Å². The van der Waals surface area contributed by atoms with Crippen LogP contribution in [-0.4, -0.2) is 11.4 Å². The average Bonchev–Trinajstić information content (AvgIpc) is 3.89. The Balaban J connectivity index is 1.28. The lowest BCUT2D eigenvalue weighted by Crippen LogP contribution is -2.60. The van der Waals surface area contributed by atoms with Gasteiger partial charge < -0.3 is 13.8 Å². The largest absolute Gasteiger partial charge is 0.455 e. The molecule has 4 heterocycles. The first kappa shape index (κ1) is 39.4. The van der Waals surface area contributed by atoms with Gasteiger partial charge in [0, 0.05) is 44.2 Å². The van der Waals surface area contributed by atoms with Gasteiger partial charge in [-0.2, -0.15) is 0 Å². The number of hydrogen-bond acceptors (Lipinski definition) is 2. The third-order valence-electron chi connectivity index (χ3n) is 16.7. The minimum atomic E-state index is -0.157. The zero-order valence-corrected chi connectivity index (χ0v) is 40.3. The molecule has 0 unspecified atom stereocenters. The molecule has 2 aromatic heterocycles. The summed E-state index contributed by atoms with van der Waals surface area (Å²) in [5, 5.41) is 4.90. The Hall–Kier alpha value is -6.00. The first-order valence-electron chi connectivity index (χ1n) is 24.1. The molecule has 2 aliphatic heterocycles. The standard InChI is InChI=1S/C61H59BN2O/c1-57(2,3)34-21-24-36(25-22-34)64-48-33-45-44(59(7,8)27-28-60(45,9)10)30-41(48)51-52-38-18-14-16-20-50(38)65-56(52)53-40-29-35(58(4,5)6)23-26-47(40)63-49-32-43-39(31-46(49)62(64)54(51)55(53)63)37-17-13-15-19-42(37)61(43,11)12/h13-26,29-33H,27-28H2,1-12H3. The summed E-state index contributed by atoms with van der Waals surface area (Å²) >= 11 is 0. The molecule has 7 aromatic carbocycles. The van der Waals surface area contributed by atoms with Crippen LogP contribution >= 0.6 is 0 Å². The van der Waals surface area contributed by atoms with E-state index in [0.29, 0.717) is 0 Å². The van der Waals surface area contributed by atoms with Gasteiger partial charge in [-0.25, -0.2) is 0 Å². The Morgan fingerprint density at radius 1 is 0.554 bits per heavy atom. The lowest BCUT2D eigenvalue weighted by Gasteiger charge is -2.46. The molecule has 0 atom stereocenters. The maximum atomic E-state index is 7.31. The highest BCUT2D eigenvalue weighted by molar-refractivity contribution is 6.94. The number of para-hydroxylation sites is 1. The van der Waals surface area contributed by atoms with Gasteiger partial charge in [-0.05, 0) is 144 Å². The van der Waals surface area contributed by atoms with E-state index in [1.54, 1.807) is 0 Å². The Labute approximate surface area is 384 Å². The predicted octanol–water partition coefficient (Wildman–Crippen LogP) is 15.2. The summed E-state index contributed by atoms with van der Waals surface area (Å²) in [5.74, 6) is 0. The van der Waals surface area contributed by atoms with Crippen LogP contribution in [0, 0.1) is 0 Å². The van der Waals surface area contributed by atoms with Gasteiger partial charge in [-0.1, -0.05) is 150 Å². The second-order valence-electron chi connectivity index (χ2n) is 24.0. The highest BCUT2D eigenvalue weighted by atomic mass is 16.3. The Kier molecular flexibility index (Phi) is 7.43. The number of benzene rings is 7. The van der Waals surface area contributed by atoms with E-state index in [-0.39, 0.29) is 33.9 Å².